The number of amides is 1. The molecule has 2 fully saturated rings. The van der Waals surface area contributed by atoms with Crippen molar-refractivity contribution < 1.29 is 17.9 Å². The van der Waals surface area contributed by atoms with Crippen molar-refractivity contribution in [2.45, 2.75) is 18.2 Å². The highest BCUT2D eigenvalue weighted by molar-refractivity contribution is 7.92. The molecule has 9 heteroatoms. The number of nitrogens with one attached hydrogen (secondary N) is 2. The van der Waals surface area contributed by atoms with Crippen molar-refractivity contribution in [2.24, 2.45) is 0 Å². The van der Waals surface area contributed by atoms with Crippen LogP contribution in [-0.4, -0.2) is 71.7 Å². The maximum absolute atomic E-state index is 13.4. The molecular formula is C23H30N4O4S. The molecule has 2 heterocycles. The molecule has 8 nitrogen and oxygen atoms in total. The lowest BCUT2D eigenvalue weighted by Crippen LogP contribution is -2.45. The van der Waals surface area contributed by atoms with Gasteiger partial charge in [-0.15, -0.1) is 0 Å². The average molecular weight is 459 g/mol. The first-order chi connectivity index (χ1) is 15.5. The quantitative estimate of drug-likeness (QED) is 0.688. The maximum Gasteiger partial charge on any atom is 0.261 e. The van der Waals surface area contributed by atoms with Gasteiger partial charge in [-0.25, -0.2) is 8.42 Å². The van der Waals surface area contributed by atoms with E-state index in [0.717, 1.165) is 43.9 Å². The van der Waals surface area contributed by atoms with Crippen LogP contribution in [0.2, 0.25) is 0 Å². The van der Waals surface area contributed by atoms with Crippen LogP contribution in [0.3, 0.4) is 0 Å². The smallest absolute Gasteiger partial charge is 0.261 e. The molecule has 0 saturated carbocycles. The van der Waals surface area contributed by atoms with Gasteiger partial charge in [0, 0.05) is 50.6 Å². The Kier molecular flexibility index (Phi) is 6.98. The first kappa shape index (κ1) is 22.6. The number of aryl methyl sites for hydroxylation is 1. The van der Waals surface area contributed by atoms with Crippen molar-refractivity contribution >= 4 is 27.3 Å². The third-order valence-corrected chi connectivity index (χ3v) is 7.27. The first-order valence-corrected chi connectivity index (χ1v) is 12.5. The molecule has 4 rings (SSSR count). The second-order valence-corrected chi connectivity index (χ2v) is 9.66. The molecule has 0 radical (unpaired) electrons. The third-order valence-electron chi connectivity index (χ3n) is 5.88. The molecule has 2 aromatic carbocycles. The van der Waals surface area contributed by atoms with Gasteiger partial charge in [0.25, 0.3) is 15.9 Å². The monoisotopic (exact) mass is 458 g/mol. The minimum Gasteiger partial charge on any atom is -0.378 e. The van der Waals surface area contributed by atoms with Crippen LogP contribution < -0.4 is 14.9 Å². The van der Waals surface area contributed by atoms with Gasteiger partial charge in [-0.2, -0.15) is 0 Å². The number of carbonyl (C=O) groups excluding carboxylic acids is 1. The molecule has 172 valence electrons. The van der Waals surface area contributed by atoms with Crippen LogP contribution in [-0.2, 0) is 21.2 Å². The Labute approximate surface area is 189 Å². The van der Waals surface area contributed by atoms with E-state index in [-0.39, 0.29) is 10.8 Å². The van der Waals surface area contributed by atoms with Gasteiger partial charge < -0.3 is 19.9 Å². The Bertz CT molecular complexity index is 1040. The number of benzene rings is 2. The number of rotatable bonds is 6. The Hall–Kier alpha value is -2.62. The predicted molar refractivity (Wildman–Crippen MR) is 125 cm³/mol. The van der Waals surface area contributed by atoms with Crippen LogP contribution in [0.15, 0.2) is 47.4 Å². The minimum absolute atomic E-state index is 0.102. The molecule has 0 aliphatic carbocycles. The van der Waals surface area contributed by atoms with Crippen molar-refractivity contribution in [2.75, 3.05) is 62.1 Å². The lowest BCUT2D eigenvalue weighted by molar-refractivity contribution is 0.0303. The summed E-state index contributed by atoms with van der Waals surface area (Å²) >= 11 is 0. The molecule has 0 atom stereocenters. The molecule has 0 unspecified atom stereocenters. The van der Waals surface area contributed by atoms with Gasteiger partial charge in [-0.3, -0.25) is 9.52 Å². The first-order valence-electron chi connectivity index (χ1n) is 11.1. The third kappa shape index (κ3) is 5.06. The largest absolute Gasteiger partial charge is 0.378 e. The van der Waals surface area contributed by atoms with Gasteiger partial charge in [-0.05, 0) is 42.3 Å². The van der Waals surface area contributed by atoms with Crippen molar-refractivity contribution in [3.63, 3.8) is 0 Å². The average Bonchev–Trinajstić information content (AvgIpc) is 2.84. The summed E-state index contributed by atoms with van der Waals surface area (Å²) in [5.41, 5.74) is 2.79. The number of hydrogen-bond donors (Lipinski definition) is 2. The number of morpholine rings is 1. The molecule has 0 aromatic heterocycles. The van der Waals surface area contributed by atoms with E-state index in [2.05, 4.69) is 14.9 Å². The summed E-state index contributed by atoms with van der Waals surface area (Å²) in [5, 5.41) is 3.32. The highest BCUT2D eigenvalue weighted by atomic mass is 32.2. The zero-order valence-corrected chi connectivity index (χ0v) is 19.2. The van der Waals surface area contributed by atoms with Crippen molar-refractivity contribution in [3.8, 4) is 0 Å². The number of anilines is 2. The van der Waals surface area contributed by atoms with Crippen LogP contribution in [0, 0.1) is 0 Å². The number of nitrogens with zero attached hydrogens (tertiary/aromatic N) is 2. The summed E-state index contributed by atoms with van der Waals surface area (Å²) in [5.74, 6) is -0.102. The standard InChI is InChI=1S/C23H30N4O4S/c1-2-18-3-6-20(7-4-18)32(29,30)25-19-5-8-22(26-11-9-24-10-12-26)21(17-19)23(28)27-13-15-31-16-14-27/h3-8,17,24-25H,2,9-16H2,1H3. The molecular weight excluding hydrogens is 428 g/mol. The summed E-state index contributed by atoms with van der Waals surface area (Å²) in [6, 6.07) is 12.1. The van der Waals surface area contributed by atoms with E-state index >= 15 is 0 Å². The lowest BCUT2D eigenvalue weighted by atomic mass is 10.1. The van der Waals surface area contributed by atoms with Crippen LogP contribution in [0.1, 0.15) is 22.8 Å². The van der Waals surface area contributed by atoms with Gasteiger partial charge >= 0.3 is 0 Å². The number of carbonyl (C=O) groups is 1. The molecule has 2 aliphatic rings. The fourth-order valence-electron chi connectivity index (χ4n) is 4.01. The zero-order chi connectivity index (χ0) is 22.6. The Morgan fingerprint density at radius 2 is 1.72 bits per heavy atom. The van der Waals surface area contributed by atoms with Crippen LogP contribution in [0.5, 0.6) is 0 Å². The molecule has 32 heavy (non-hydrogen) atoms. The molecule has 0 bridgehead atoms. The van der Waals surface area contributed by atoms with Gasteiger partial charge in [-0.1, -0.05) is 19.1 Å². The Balaban J connectivity index is 1.64. The highest BCUT2D eigenvalue weighted by Crippen LogP contribution is 2.28. The summed E-state index contributed by atoms with van der Waals surface area (Å²) in [6.45, 7) is 7.36. The number of ether oxygens (including phenoxy) is 1. The van der Waals surface area contributed by atoms with E-state index in [1.165, 1.54) is 0 Å². The van der Waals surface area contributed by atoms with Gasteiger partial charge in [0.15, 0.2) is 0 Å². The Morgan fingerprint density at radius 1 is 1.03 bits per heavy atom. The Morgan fingerprint density at radius 3 is 2.38 bits per heavy atom. The molecule has 2 aromatic rings. The summed E-state index contributed by atoms with van der Waals surface area (Å²) < 4.78 is 33.9. The summed E-state index contributed by atoms with van der Waals surface area (Å²) in [4.78, 5) is 17.5. The van der Waals surface area contributed by atoms with E-state index in [0.29, 0.717) is 37.6 Å². The van der Waals surface area contributed by atoms with E-state index in [1.807, 2.05) is 25.1 Å². The number of piperazine rings is 1. The van der Waals surface area contributed by atoms with E-state index < -0.39 is 10.0 Å². The minimum atomic E-state index is -3.76. The molecule has 0 spiro atoms. The highest BCUT2D eigenvalue weighted by Gasteiger charge is 2.25. The number of sulfonamides is 1. The normalized spacial score (nSPS) is 17.3. The summed E-state index contributed by atoms with van der Waals surface area (Å²) in [7, 11) is -3.76. The second kappa shape index (κ2) is 9.89. The number of hydrogen-bond acceptors (Lipinski definition) is 6. The lowest BCUT2D eigenvalue weighted by Gasteiger charge is -2.33. The molecule has 2 saturated heterocycles. The topological polar surface area (TPSA) is 91.0 Å². The van der Waals surface area contributed by atoms with E-state index in [1.54, 1.807) is 29.2 Å². The van der Waals surface area contributed by atoms with E-state index in [4.69, 9.17) is 4.74 Å². The molecule has 2 aliphatic heterocycles. The fourth-order valence-corrected chi connectivity index (χ4v) is 5.06. The van der Waals surface area contributed by atoms with Crippen molar-refractivity contribution in [1.82, 2.24) is 10.2 Å². The van der Waals surface area contributed by atoms with Crippen LogP contribution in [0.4, 0.5) is 11.4 Å². The predicted octanol–water partition coefficient (Wildman–Crippen LogP) is 1.93. The van der Waals surface area contributed by atoms with Crippen molar-refractivity contribution in [3.05, 3.63) is 53.6 Å². The second-order valence-electron chi connectivity index (χ2n) is 7.98. The molecule has 1 amide bonds. The maximum atomic E-state index is 13.4. The fraction of sp³-hybridized carbons (Fsp3) is 0.435. The van der Waals surface area contributed by atoms with Crippen LogP contribution >= 0.6 is 0 Å². The van der Waals surface area contributed by atoms with E-state index in [9.17, 15) is 13.2 Å². The molecule has 2 N–H and O–H groups in total. The zero-order valence-electron chi connectivity index (χ0n) is 18.3. The SMILES string of the molecule is CCc1ccc(S(=O)(=O)Nc2ccc(N3CCNCC3)c(C(=O)N3CCOCC3)c2)cc1. The van der Waals surface area contributed by atoms with Gasteiger partial charge in [0.05, 0.1) is 23.7 Å². The van der Waals surface area contributed by atoms with Crippen molar-refractivity contribution in [1.29, 1.82) is 0 Å². The summed E-state index contributed by atoms with van der Waals surface area (Å²) in [6.07, 6.45) is 0.842. The van der Waals surface area contributed by atoms with Crippen LogP contribution in [0.25, 0.3) is 0 Å². The van der Waals surface area contributed by atoms with Gasteiger partial charge in [0.1, 0.15) is 0 Å². The van der Waals surface area contributed by atoms with Gasteiger partial charge in [0.2, 0.25) is 0 Å².